The maximum atomic E-state index is 13.3. The fourth-order valence-corrected chi connectivity index (χ4v) is 4.16. The first-order chi connectivity index (χ1) is 11.8. The molecule has 2 fully saturated rings. The van der Waals surface area contributed by atoms with Crippen LogP contribution in [0.1, 0.15) is 47.6 Å². The van der Waals surface area contributed by atoms with Crippen LogP contribution in [0.3, 0.4) is 0 Å². The zero-order chi connectivity index (χ0) is 16.4. The van der Waals surface area contributed by atoms with Crippen molar-refractivity contribution in [3.63, 3.8) is 0 Å². The first-order valence-electron chi connectivity index (χ1n) is 8.85. The van der Waals surface area contributed by atoms with Gasteiger partial charge in [0.15, 0.2) is 0 Å². The highest BCUT2D eigenvalue weighted by molar-refractivity contribution is 5.94. The Morgan fingerprint density at radius 1 is 1.12 bits per heavy atom. The van der Waals surface area contributed by atoms with Crippen LogP contribution in [0.25, 0.3) is 0 Å². The molecule has 0 unspecified atom stereocenters. The topological polar surface area (TPSA) is 45.2 Å². The number of rotatable bonds is 2. The van der Waals surface area contributed by atoms with Gasteiger partial charge in [0.2, 0.25) is 0 Å². The highest BCUT2D eigenvalue weighted by atomic mass is 16.2. The molecule has 4 heteroatoms. The molecule has 4 nitrogen and oxygen atoms in total. The van der Waals surface area contributed by atoms with Gasteiger partial charge in [-0.25, -0.2) is 0 Å². The summed E-state index contributed by atoms with van der Waals surface area (Å²) < 4.78 is 0. The summed E-state index contributed by atoms with van der Waals surface area (Å²) in [7, 11) is 0. The summed E-state index contributed by atoms with van der Waals surface area (Å²) in [5.41, 5.74) is 1.91. The van der Waals surface area contributed by atoms with Gasteiger partial charge in [0.25, 0.3) is 5.91 Å². The number of hydrogen-bond donors (Lipinski definition) is 1. The first kappa shape index (κ1) is 15.3. The average Bonchev–Trinajstić information content (AvgIpc) is 2.85. The zero-order valence-electron chi connectivity index (χ0n) is 13.8. The van der Waals surface area contributed by atoms with Gasteiger partial charge in [0.1, 0.15) is 0 Å². The number of carbonyl (C=O) groups excluding carboxylic acids is 1. The predicted molar refractivity (Wildman–Crippen MR) is 93.6 cm³/mol. The average molecular weight is 321 g/mol. The van der Waals surface area contributed by atoms with E-state index in [1.807, 2.05) is 18.2 Å². The molecule has 0 radical (unpaired) electrons. The SMILES string of the molecule is O=C(c1cccnc1)N1[C@H](c2ccccc2)C[C@H]2NCCCC[C@@H]21. The third-order valence-corrected chi connectivity index (χ3v) is 5.30. The monoisotopic (exact) mass is 321 g/mol. The van der Waals surface area contributed by atoms with Crippen molar-refractivity contribution in [1.29, 1.82) is 0 Å². The highest BCUT2D eigenvalue weighted by Crippen LogP contribution is 2.40. The minimum Gasteiger partial charge on any atom is -0.327 e. The van der Waals surface area contributed by atoms with E-state index in [0.29, 0.717) is 11.6 Å². The number of nitrogens with one attached hydrogen (secondary N) is 1. The van der Waals surface area contributed by atoms with Gasteiger partial charge in [0.05, 0.1) is 11.6 Å². The summed E-state index contributed by atoms with van der Waals surface area (Å²) in [5.74, 6) is 0.105. The Hall–Kier alpha value is -2.20. The number of nitrogens with zero attached hydrogens (tertiary/aromatic N) is 2. The molecule has 2 aromatic rings. The number of hydrogen-bond acceptors (Lipinski definition) is 3. The van der Waals surface area contributed by atoms with Crippen LogP contribution < -0.4 is 5.32 Å². The van der Waals surface area contributed by atoms with E-state index in [1.54, 1.807) is 12.4 Å². The van der Waals surface area contributed by atoms with Crippen molar-refractivity contribution >= 4 is 5.91 Å². The van der Waals surface area contributed by atoms with Crippen LogP contribution in [0, 0.1) is 0 Å². The van der Waals surface area contributed by atoms with Crippen LogP contribution >= 0.6 is 0 Å². The second-order valence-corrected chi connectivity index (χ2v) is 6.74. The molecule has 124 valence electrons. The normalized spacial score (nSPS) is 26.7. The molecule has 0 bridgehead atoms. The Morgan fingerprint density at radius 2 is 2.00 bits per heavy atom. The smallest absolute Gasteiger partial charge is 0.256 e. The molecule has 3 heterocycles. The molecule has 0 aliphatic carbocycles. The molecule has 1 N–H and O–H groups in total. The lowest BCUT2D eigenvalue weighted by Gasteiger charge is -2.31. The molecule has 1 aromatic heterocycles. The Labute approximate surface area is 142 Å². The number of benzene rings is 1. The van der Waals surface area contributed by atoms with Crippen LogP contribution in [-0.2, 0) is 0 Å². The van der Waals surface area contributed by atoms with Crippen molar-refractivity contribution in [2.24, 2.45) is 0 Å². The van der Waals surface area contributed by atoms with Gasteiger partial charge in [-0.05, 0) is 43.5 Å². The molecule has 2 aliphatic heterocycles. The highest BCUT2D eigenvalue weighted by Gasteiger charge is 2.44. The van der Waals surface area contributed by atoms with Crippen molar-refractivity contribution in [2.75, 3.05) is 6.54 Å². The number of pyridine rings is 1. The van der Waals surface area contributed by atoms with Gasteiger partial charge in [-0.2, -0.15) is 0 Å². The first-order valence-corrected chi connectivity index (χ1v) is 8.85. The molecule has 1 aromatic carbocycles. The van der Waals surface area contributed by atoms with Crippen LogP contribution in [0.4, 0.5) is 0 Å². The van der Waals surface area contributed by atoms with Crippen molar-refractivity contribution in [3.05, 3.63) is 66.0 Å². The number of fused-ring (bicyclic) bond motifs is 1. The largest absolute Gasteiger partial charge is 0.327 e. The number of amides is 1. The lowest BCUT2D eigenvalue weighted by molar-refractivity contribution is 0.0649. The van der Waals surface area contributed by atoms with Crippen LogP contribution in [0.5, 0.6) is 0 Å². The van der Waals surface area contributed by atoms with Crippen molar-refractivity contribution in [3.8, 4) is 0 Å². The van der Waals surface area contributed by atoms with Crippen LogP contribution in [-0.4, -0.2) is 34.4 Å². The second-order valence-electron chi connectivity index (χ2n) is 6.74. The van der Waals surface area contributed by atoms with Crippen LogP contribution in [0.2, 0.25) is 0 Å². The molecule has 3 atom stereocenters. The lowest BCUT2D eigenvalue weighted by atomic mass is 10.0. The Bertz CT molecular complexity index is 689. The fourth-order valence-electron chi connectivity index (χ4n) is 4.16. The molecular formula is C20H23N3O. The van der Waals surface area contributed by atoms with E-state index in [9.17, 15) is 4.79 Å². The summed E-state index contributed by atoms with van der Waals surface area (Å²) in [5, 5.41) is 3.67. The summed E-state index contributed by atoms with van der Waals surface area (Å²) in [6.07, 6.45) is 7.82. The third kappa shape index (κ3) is 2.82. The third-order valence-electron chi connectivity index (χ3n) is 5.30. The molecule has 1 amide bonds. The summed E-state index contributed by atoms with van der Waals surface area (Å²) in [4.78, 5) is 19.5. The van der Waals surface area contributed by atoms with E-state index >= 15 is 0 Å². The molecule has 0 spiro atoms. The molecule has 0 saturated carbocycles. The molecule has 24 heavy (non-hydrogen) atoms. The molecule has 2 saturated heterocycles. The quantitative estimate of drug-likeness (QED) is 0.924. The standard InChI is InChI=1S/C20H23N3O/c24-20(16-9-6-11-21-14-16)23-18-10-4-5-12-22-17(18)13-19(23)15-7-2-1-3-8-15/h1-3,6-9,11,14,17-19,22H,4-5,10,12-13H2/t17-,18+,19+/m1/s1. The second kappa shape index (κ2) is 6.73. The minimum absolute atomic E-state index is 0.105. The van der Waals surface area contributed by atoms with E-state index in [4.69, 9.17) is 0 Å². The van der Waals surface area contributed by atoms with Gasteiger partial charge in [-0.1, -0.05) is 36.8 Å². The fraction of sp³-hybridized carbons (Fsp3) is 0.400. The van der Waals surface area contributed by atoms with Gasteiger partial charge >= 0.3 is 0 Å². The summed E-state index contributed by atoms with van der Waals surface area (Å²) in [6, 6.07) is 14.9. The van der Waals surface area contributed by atoms with Gasteiger partial charge < -0.3 is 10.2 Å². The number of likely N-dealkylation sites (tertiary alicyclic amines) is 1. The van der Waals surface area contributed by atoms with E-state index < -0.39 is 0 Å². The van der Waals surface area contributed by atoms with Crippen LogP contribution in [0.15, 0.2) is 54.9 Å². The molecular weight excluding hydrogens is 298 g/mol. The maximum Gasteiger partial charge on any atom is 0.256 e. The molecule has 2 aliphatic rings. The zero-order valence-corrected chi connectivity index (χ0v) is 13.8. The van der Waals surface area contributed by atoms with Crippen molar-refractivity contribution in [2.45, 2.75) is 43.8 Å². The summed E-state index contributed by atoms with van der Waals surface area (Å²) in [6.45, 7) is 1.05. The molecule has 4 rings (SSSR count). The van der Waals surface area contributed by atoms with E-state index in [1.165, 1.54) is 18.4 Å². The predicted octanol–water partition coefficient (Wildman–Crippen LogP) is 3.18. The summed E-state index contributed by atoms with van der Waals surface area (Å²) >= 11 is 0. The lowest BCUT2D eigenvalue weighted by Crippen LogP contribution is -2.44. The number of aromatic nitrogens is 1. The van der Waals surface area contributed by atoms with E-state index in [-0.39, 0.29) is 18.0 Å². The van der Waals surface area contributed by atoms with Gasteiger partial charge in [-0.3, -0.25) is 9.78 Å². The van der Waals surface area contributed by atoms with Crippen molar-refractivity contribution in [1.82, 2.24) is 15.2 Å². The van der Waals surface area contributed by atoms with E-state index in [2.05, 4.69) is 39.5 Å². The maximum absolute atomic E-state index is 13.3. The number of carbonyl (C=O) groups is 1. The van der Waals surface area contributed by atoms with E-state index in [0.717, 1.165) is 19.4 Å². The van der Waals surface area contributed by atoms with Gasteiger partial charge in [-0.15, -0.1) is 0 Å². The van der Waals surface area contributed by atoms with Crippen molar-refractivity contribution < 1.29 is 4.79 Å². The Balaban J connectivity index is 1.71. The van der Waals surface area contributed by atoms with Gasteiger partial charge in [0, 0.05) is 24.5 Å². The minimum atomic E-state index is 0.105. The Morgan fingerprint density at radius 3 is 2.79 bits per heavy atom. The Kier molecular flexibility index (Phi) is 4.30.